The Balaban J connectivity index is 1.31. The Morgan fingerprint density at radius 2 is 1.85 bits per heavy atom. The Labute approximate surface area is 228 Å². The van der Waals surface area contributed by atoms with Gasteiger partial charge in [0.1, 0.15) is 5.65 Å². The Bertz CT molecular complexity index is 1640. The van der Waals surface area contributed by atoms with Gasteiger partial charge < -0.3 is 14.8 Å². The number of ether oxygens (including phenoxy) is 2. The second-order valence-electron chi connectivity index (χ2n) is 9.83. The van der Waals surface area contributed by atoms with Crippen molar-refractivity contribution < 1.29 is 14.3 Å². The zero-order valence-corrected chi connectivity index (χ0v) is 22.2. The van der Waals surface area contributed by atoms with E-state index in [0.29, 0.717) is 58.4 Å². The highest BCUT2D eigenvalue weighted by molar-refractivity contribution is 7.98. The SMILES string of the molecule is O=C(NCC1CCCO1)c1ccc2c(=O)n(CC3CCCO3)c(SCc3cc(=O)n4ccccc4n3)nc2c1. The molecule has 0 aliphatic carbocycles. The molecule has 0 saturated carbocycles. The molecule has 11 heteroatoms. The molecule has 202 valence electrons. The third-order valence-corrected chi connectivity index (χ3v) is 8.09. The molecule has 2 aliphatic heterocycles. The molecule has 5 heterocycles. The monoisotopic (exact) mass is 547 g/mol. The zero-order chi connectivity index (χ0) is 26.8. The van der Waals surface area contributed by atoms with Gasteiger partial charge in [-0.3, -0.25) is 23.4 Å². The Kier molecular flexibility index (Phi) is 7.45. The first-order valence-corrected chi connectivity index (χ1v) is 14.2. The Morgan fingerprint density at radius 3 is 2.64 bits per heavy atom. The van der Waals surface area contributed by atoms with Crippen LogP contribution < -0.4 is 16.4 Å². The van der Waals surface area contributed by atoms with Crippen molar-refractivity contribution in [3.8, 4) is 0 Å². The van der Waals surface area contributed by atoms with Crippen LogP contribution >= 0.6 is 11.8 Å². The summed E-state index contributed by atoms with van der Waals surface area (Å²) in [7, 11) is 0. The fourth-order valence-electron chi connectivity index (χ4n) is 5.03. The second kappa shape index (κ2) is 11.3. The molecular weight excluding hydrogens is 518 g/mol. The third kappa shape index (κ3) is 5.61. The number of hydrogen-bond acceptors (Lipinski definition) is 8. The topological polar surface area (TPSA) is 117 Å². The van der Waals surface area contributed by atoms with E-state index in [2.05, 4.69) is 10.3 Å². The van der Waals surface area contributed by atoms with Crippen molar-refractivity contribution in [1.82, 2.24) is 24.3 Å². The minimum Gasteiger partial charge on any atom is -0.376 e. The van der Waals surface area contributed by atoms with Gasteiger partial charge in [-0.2, -0.15) is 0 Å². The first-order valence-electron chi connectivity index (χ1n) is 13.2. The number of hydrogen-bond donors (Lipinski definition) is 1. The van der Waals surface area contributed by atoms with E-state index in [0.717, 1.165) is 32.3 Å². The van der Waals surface area contributed by atoms with E-state index in [4.69, 9.17) is 14.5 Å². The van der Waals surface area contributed by atoms with Crippen LogP contribution in [0.3, 0.4) is 0 Å². The van der Waals surface area contributed by atoms with Gasteiger partial charge in [0.25, 0.3) is 17.0 Å². The zero-order valence-electron chi connectivity index (χ0n) is 21.4. The summed E-state index contributed by atoms with van der Waals surface area (Å²) >= 11 is 1.34. The maximum absolute atomic E-state index is 13.6. The van der Waals surface area contributed by atoms with Crippen LogP contribution in [-0.2, 0) is 21.8 Å². The maximum Gasteiger partial charge on any atom is 0.262 e. The van der Waals surface area contributed by atoms with E-state index >= 15 is 0 Å². The van der Waals surface area contributed by atoms with Crippen molar-refractivity contribution in [2.75, 3.05) is 19.8 Å². The van der Waals surface area contributed by atoms with E-state index in [1.165, 1.54) is 22.2 Å². The number of aromatic nitrogens is 4. The number of pyridine rings is 1. The Hall–Kier alpha value is -3.54. The molecule has 1 amide bonds. The first-order chi connectivity index (χ1) is 19.0. The van der Waals surface area contributed by atoms with Crippen molar-refractivity contribution in [3.63, 3.8) is 0 Å². The standard InChI is InChI=1S/C28H29N5O5S/c34-25-14-19(30-24-7-1-2-10-32(24)25)17-39-28-31-23-13-18(26(35)29-15-20-5-3-11-37-20)8-9-22(23)27(36)33(28)16-21-6-4-12-38-21/h1-2,7-10,13-14,20-21H,3-6,11-12,15-17H2,(H,29,35). The largest absolute Gasteiger partial charge is 0.376 e. The van der Waals surface area contributed by atoms with Gasteiger partial charge in [0.2, 0.25) is 0 Å². The summed E-state index contributed by atoms with van der Waals surface area (Å²) in [4.78, 5) is 48.4. The lowest BCUT2D eigenvalue weighted by atomic mass is 10.1. The van der Waals surface area contributed by atoms with Crippen LogP contribution in [-0.4, -0.2) is 56.8 Å². The molecule has 1 N–H and O–H groups in total. The van der Waals surface area contributed by atoms with Crippen LogP contribution in [0.15, 0.2) is 63.4 Å². The number of nitrogens with one attached hydrogen (secondary N) is 1. The van der Waals surface area contributed by atoms with E-state index in [1.54, 1.807) is 41.1 Å². The van der Waals surface area contributed by atoms with Gasteiger partial charge in [-0.25, -0.2) is 9.97 Å². The molecule has 4 aromatic rings. The van der Waals surface area contributed by atoms with E-state index in [9.17, 15) is 14.4 Å². The minimum atomic E-state index is -0.229. The summed E-state index contributed by atoms with van der Waals surface area (Å²) in [6.45, 7) is 2.25. The number of rotatable bonds is 8. The molecular formula is C28H29N5O5S. The lowest BCUT2D eigenvalue weighted by Crippen LogP contribution is -2.32. The van der Waals surface area contributed by atoms with Crippen LogP contribution in [0, 0.1) is 0 Å². The summed E-state index contributed by atoms with van der Waals surface area (Å²) in [6.07, 6.45) is 5.43. The molecule has 10 nitrogen and oxygen atoms in total. The molecule has 0 bridgehead atoms. The summed E-state index contributed by atoms with van der Waals surface area (Å²) in [5.74, 6) is 0.124. The number of benzene rings is 1. The normalized spacial score (nSPS) is 19.2. The average Bonchev–Trinajstić information content (AvgIpc) is 3.67. The van der Waals surface area contributed by atoms with Crippen LogP contribution in [0.1, 0.15) is 41.7 Å². The number of nitrogens with zero attached hydrogens (tertiary/aromatic N) is 4. The van der Waals surface area contributed by atoms with Crippen LogP contribution in [0.4, 0.5) is 0 Å². The van der Waals surface area contributed by atoms with Crippen molar-refractivity contribution in [2.24, 2.45) is 0 Å². The first kappa shape index (κ1) is 25.7. The second-order valence-corrected chi connectivity index (χ2v) is 10.8. The third-order valence-electron chi connectivity index (χ3n) is 7.08. The molecule has 2 fully saturated rings. The quantitative estimate of drug-likeness (QED) is 0.264. The van der Waals surface area contributed by atoms with Gasteiger partial charge in [0.15, 0.2) is 5.16 Å². The van der Waals surface area contributed by atoms with E-state index in [1.807, 2.05) is 6.07 Å². The maximum atomic E-state index is 13.6. The van der Waals surface area contributed by atoms with Gasteiger partial charge >= 0.3 is 0 Å². The summed E-state index contributed by atoms with van der Waals surface area (Å²) < 4.78 is 14.5. The van der Waals surface area contributed by atoms with Crippen LogP contribution in [0.5, 0.6) is 0 Å². The molecule has 1 aromatic carbocycles. The van der Waals surface area contributed by atoms with Gasteiger partial charge in [-0.15, -0.1) is 0 Å². The highest BCUT2D eigenvalue weighted by Gasteiger charge is 2.22. The van der Waals surface area contributed by atoms with E-state index < -0.39 is 0 Å². The number of fused-ring (bicyclic) bond motifs is 2. The lowest BCUT2D eigenvalue weighted by Gasteiger charge is -2.17. The summed E-state index contributed by atoms with van der Waals surface area (Å²) in [5.41, 5.74) is 1.68. The van der Waals surface area contributed by atoms with Gasteiger partial charge in [-0.05, 0) is 56.0 Å². The smallest absolute Gasteiger partial charge is 0.262 e. The van der Waals surface area contributed by atoms with Crippen LogP contribution in [0.25, 0.3) is 16.6 Å². The predicted molar refractivity (Wildman–Crippen MR) is 147 cm³/mol. The number of amides is 1. The fourth-order valence-corrected chi connectivity index (χ4v) is 5.94. The van der Waals surface area contributed by atoms with Gasteiger partial charge in [0.05, 0.1) is 35.3 Å². The average molecular weight is 548 g/mol. The van der Waals surface area contributed by atoms with Crippen molar-refractivity contribution in [2.45, 2.75) is 55.3 Å². The van der Waals surface area contributed by atoms with Gasteiger partial charge in [-0.1, -0.05) is 17.8 Å². The predicted octanol–water partition coefficient (Wildman–Crippen LogP) is 2.78. The molecule has 3 aromatic heterocycles. The van der Waals surface area contributed by atoms with Crippen LogP contribution in [0.2, 0.25) is 0 Å². The molecule has 2 unspecified atom stereocenters. The summed E-state index contributed by atoms with van der Waals surface area (Å²) in [6, 6.07) is 11.9. The highest BCUT2D eigenvalue weighted by Crippen LogP contribution is 2.24. The fraction of sp³-hybridized carbons (Fsp3) is 0.393. The molecule has 39 heavy (non-hydrogen) atoms. The molecule has 6 rings (SSSR count). The number of carbonyl (C=O) groups is 1. The number of carbonyl (C=O) groups excluding carboxylic acids is 1. The molecule has 0 spiro atoms. The molecule has 2 saturated heterocycles. The molecule has 0 radical (unpaired) electrons. The van der Waals surface area contributed by atoms with Crippen molar-refractivity contribution in [1.29, 1.82) is 0 Å². The summed E-state index contributed by atoms with van der Waals surface area (Å²) in [5, 5.41) is 3.86. The molecule has 2 atom stereocenters. The van der Waals surface area contributed by atoms with E-state index in [-0.39, 0.29) is 29.2 Å². The lowest BCUT2D eigenvalue weighted by molar-refractivity contribution is 0.0858. The number of thioether (sulfide) groups is 1. The van der Waals surface area contributed by atoms with Gasteiger partial charge in [0, 0.05) is 43.3 Å². The van der Waals surface area contributed by atoms with Crippen molar-refractivity contribution in [3.05, 3.63) is 80.6 Å². The Morgan fingerprint density at radius 1 is 1.03 bits per heavy atom. The van der Waals surface area contributed by atoms with Crippen molar-refractivity contribution >= 4 is 34.2 Å². The minimum absolute atomic E-state index is 0.0392. The highest BCUT2D eigenvalue weighted by atomic mass is 32.2. The molecule has 2 aliphatic rings.